The van der Waals surface area contributed by atoms with Crippen molar-refractivity contribution in [2.45, 2.75) is 70.0 Å². The van der Waals surface area contributed by atoms with Gasteiger partial charge >= 0.3 is 6.03 Å². The molecule has 10 nitrogen and oxygen atoms in total. The lowest BCUT2D eigenvalue weighted by molar-refractivity contribution is -0.0290. The fourth-order valence-corrected chi connectivity index (χ4v) is 10.6. The van der Waals surface area contributed by atoms with E-state index in [4.69, 9.17) is 25.8 Å². The predicted octanol–water partition coefficient (Wildman–Crippen LogP) is 6.40. The van der Waals surface area contributed by atoms with E-state index >= 15 is 0 Å². The topological polar surface area (TPSA) is 110 Å². The Morgan fingerprint density at radius 3 is 2.78 bits per heavy atom. The molecule has 12 heteroatoms. The zero-order valence-electron chi connectivity index (χ0n) is 29.3. The molecule has 2 bridgehead atoms. The molecule has 6 atom stereocenters. The van der Waals surface area contributed by atoms with E-state index in [2.05, 4.69) is 38.3 Å². The molecule has 2 fully saturated rings. The highest BCUT2D eigenvalue weighted by atomic mass is 35.5. The zero-order valence-corrected chi connectivity index (χ0v) is 30.8. The van der Waals surface area contributed by atoms with Gasteiger partial charge in [-0.25, -0.2) is 9.00 Å². The molecule has 50 heavy (non-hydrogen) atoms. The Bertz CT molecular complexity index is 1770. The van der Waals surface area contributed by atoms with Gasteiger partial charge in [0.2, 0.25) is 0 Å². The number of fused-ring (bicyclic) bond motifs is 4. The normalized spacial score (nSPS) is 32.0. The summed E-state index contributed by atoms with van der Waals surface area (Å²) in [4.78, 5) is 31.1. The zero-order chi connectivity index (χ0) is 35.0. The molecule has 1 unspecified atom stereocenters. The number of urea groups is 1. The Labute approximate surface area is 301 Å². The lowest BCUT2D eigenvalue weighted by Crippen LogP contribution is -2.58. The van der Waals surface area contributed by atoms with Gasteiger partial charge in [-0.2, -0.15) is 0 Å². The average Bonchev–Trinajstić information content (AvgIpc) is 3.19. The van der Waals surface area contributed by atoms with Gasteiger partial charge in [0.1, 0.15) is 15.7 Å². The average molecular weight is 725 g/mol. The number of amides is 3. The van der Waals surface area contributed by atoms with E-state index in [1.54, 1.807) is 18.1 Å². The highest BCUT2D eigenvalue weighted by Gasteiger charge is 2.44. The maximum atomic E-state index is 14.4. The molecule has 270 valence electrons. The second-order valence-corrected chi connectivity index (χ2v) is 17.3. The number of halogens is 1. The third-order valence-electron chi connectivity index (χ3n) is 11.3. The molecular weight excluding hydrogens is 676 g/mol. The maximum Gasteiger partial charge on any atom is 0.330 e. The van der Waals surface area contributed by atoms with Crippen molar-refractivity contribution >= 4 is 39.1 Å². The molecule has 1 spiro atoms. The van der Waals surface area contributed by atoms with Crippen molar-refractivity contribution in [1.82, 2.24) is 9.62 Å². The predicted molar refractivity (Wildman–Crippen MR) is 195 cm³/mol. The first kappa shape index (κ1) is 35.3. The number of allylic oxidation sites excluding steroid dienone is 1. The largest absolute Gasteiger partial charge is 0.490 e. The van der Waals surface area contributed by atoms with Crippen LogP contribution in [-0.4, -0.2) is 85.5 Å². The van der Waals surface area contributed by atoms with Gasteiger partial charge in [0.15, 0.2) is 0 Å². The minimum Gasteiger partial charge on any atom is -0.490 e. The van der Waals surface area contributed by atoms with Crippen molar-refractivity contribution in [3.63, 3.8) is 0 Å². The van der Waals surface area contributed by atoms with E-state index in [0.29, 0.717) is 55.9 Å². The van der Waals surface area contributed by atoms with Gasteiger partial charge in [-0.1, -0.05) is 36.7 Å². The van der Waals surface area contributed by atoms with Gasteiger partial charge in [0, 0.05) is 42.8 Å². The van der Waals surface area contributed by atoms with Gasteiger partial charge in [0.05, 0.1) is 43.3 Å². The smallest absolute Gasteiger partial charge is 0.330 e. The summed E-state index contributed by atoms with van der Waals surface area (Å²) in [6.45, 7) is 7.27. The molecule has 1 saturated heterocycles. The molecule has 2 aromatic carbocycles. The highest BCUT2D eigenvalue weighted by molar-refractivity contribution is 7.92. The summed E-state index contributed by atoms with van der Waals surface area (Å²) in [5.41, 5.74) is 3.44. The van der Waals surface area contributed by atoms with Gasteiger partial charge in [0.25, 0.3) is 5.91 Å². The van der Waals surface area contributed by atoms with Crippen LogP contribution in [0.5, 0.6) is 5.75 Å². The first-order valence-corrected chi connectivity index (χ1v) is 20.1. The molecule has 1 saturated carbocycles. The Kier molecular flexibility index (Phi) is 10.2. The minimum absolute atomic E-state index is 0.0351. The van der Waals surface area contributed by atoms with Crippen LogP contribution in [0.4, 0.5) is 10.5 Å². The number of hydrogen-bond acceptors (Lipinski definition) is 7. The fourth-order valence-electron chi connectivity index (χ4n) is 8.51. The Morgan fingerprint density at radius 2 is 2.02 bits per heavy atom. The van der Waals surface area contributed by atoms with Crippen LogP contribution < -0.4 is 14.4 Å². The number of anilines is 1. The fraction of sp³-hybridized carbons (Fsp3) is 0.579. The standard InChI is InChI=1S/C38H49ClN4O6S/c1-4-48-30-20-42(21-30)37(45)41-50(46)22-25(2)7-5-9-34(47-3)31-13-10-28(31)19-43-23-38(16-6-8-26-17-29(39)12-14-32(26)38)24-49-35-15-11-27(18-33(35)43)36(44)40-50/h5,9,11-12,14-15,17-18,25,28,30-31,34H,4,6-8,10,13,16,19-24H2,1-3H3,(H,40,41,44,45,46)/b9-5-/t25-,28-,31+,34-,38-,50?/m0/s1. The van der Waals surface area contributed by atoms with Crippen LogP contribution in [0.2, 0.25) is 5.02 Å². The molecule has 3 aliphatic heterocycles. The SMILES string of the molecule is CCOC1CN(C(=O)NS2(=O)=NC(=O)c3ccc4c(c3)N(C[C@@H]3CC[C@H]3[C@@H](OC)/C=C\C[C@H](C)C2)C[C@@]2(CCCc3cc(Cl)ccc32)CO4)C1. The van der Waals surface area contributed by atoms with Crippen LogP contribution in [0.15, 0.2) is 52.9 Å². The minimum atomic E-state index is -3.47. The lowest BCUT2D eigenvalue weighted by atomic mass is 9.68. The number of rotatable bonds is 4. The number of benzene rings is 2. The lowest BCUT2D eigenvalue weighted by Gasteiger charge is -2.46. The number of carbonyl (C=O) groups excluding carboxylic acids is 2. The summed E-state index contributed by atoms with van der Waals surface area (Å²) < 4.78 is 39.7. The third-order valence-corrected chi connectivity index (χ3v) is 13.5. The maximum absolute atomic E-state index is 14.4. The summed E-state index contributed by atoms with van der Waals surface area (Å²) in [5, 5.41) is 0.744. The molecular formula is C38H49ClN4O6S. The Hall–Kier alpha value is -3.12. The van der Waals surface area contributed by atoms with Crippen molar-refractivity contribution in [2.24, 2.45) is 22.1 Å². The molecule has 3 amide bonds. The van der Waals surface area contributed by atoms with Crippen LogP contribution in [-0.2, 0) is 31.2 Å². The molecule has 2 aromatic rings. The van der Waals surface area contributed by atoms with Crippen molar-refractivity contribution in [2.75, 3.05) is 57.2 Å². The van der Waals surface area contributed by atoms with Crippen LogP contribution in [0, 0.1) is 17.8 Å². The number of aryl methyl sites for hydroxylation is 1. The van der Waals surface area contributed by atoms with E-state index in [-0.39, 0.29) is 29.3 Å². The van der Waals surface area contributed by atoms with Crippen molar-refractivity contribution in [3.8, 4) is 5.75 Å². The second-order valence-electron chi connectivity index (χ2n) is 14.9. The van der Waals surface area contributed by atoms with E-state index in [0.717, 1.165) is 55.9 Å². The number of nitrogens with zero attached hydrogens (tertiary/aromatic N) is 3. The number of carbonyl (C=O) groups is 2. The number of likely N-dealkylation sites (tertiary alicyclic amines) is 1. The summed E-state index contributed by atoms with van der Waals surface area (Å²) in [6.07, 6.45) is 9.91. The first-order chi connectivity index (χ1) is 24.1. The van der Waals surface area contributed by atoms with Crippen LogP contribution in [0.1, 0.15) is 67.4 Å². The van der Waals surface area contributed by atoms with Gasteiger partial charge in [-0.15, -0.1) is 4.36 Å². The second kappa shape index (κ2) is 14.5. The summed E-state index contributed by atoms with van der Waals surface area (Å²) in [7, 11) is -1.70. The van der Waals surface area contributed by atoms with Gasteiger partial charge in [-0.05, 0) is 105 Å². The molecule has 3 heterocycles. The Morgan fingerprint density at radius 1 is 1.18 bits per heavy atom. The Balaban J connectivity index is 1.26. The van der Waals surface area contributed by atoms with Crippen molar-refractivity contribution < 1.29 is 28.0 Å². The number of methoxy groups -OCH3 is 1. The number of hydrogen-bond donors (Lipinski definition) is 1. The van der Waals surface area contributed by atoms with E-state index in [1.807, 2.05) is 32.0 Å². The molecule has 5 aliphatic rings. The van der Waals surface area contributed by atoms with Crippen molar-refractivity contribution in [1.29, 1.82) is 0 Å². The van der Waals surface area contributed by atoms with E-state index in [1.165, 1.54) is 11.1 Å². The van der Waals surface area contributed by atoms with E-state index < -0.39 is 21.9 Å². The van der Waals surface area contributed by atoms with Crippen molar-refractivity contribution in [3.05, 3.63) is 70.3 Å². The van der Waals surface area contributed by atoms with Gasteiger partial charge < -0.3 is 24.0 Å². The molecule has 0 aromatic heterocycles. The first-order valence-electron chi connectivity index (χ1n) is 18.1. The van der Waals surface area contributed by atoms with Crippen LogP contribution >= 0.6 is 11.6 Å². The number of ether oxygens (including phenoxy) is 3. The van der Waals surface area contributed by atoms with Gasteiger partial charge in [-0.3, -0.25) is 9.52 Å². The summed E-state index contributed by atoms with van der Waals surface area (Å²) in [6, 6.07) is 11.1. The summed E-state index contributed by atoms with van der Waals surface area (Å²) in [5.74, 6) is 0.748. The van der Waals surface area contributed by atoms with E-state index in [9.17, 15) is 13.8 Å². The third kappa shape index (κ3) is 7.16. The van der Waals surface area contributed by atoms with Crippen LogP contribution in [0.25, 0.3) is 0 Å². The summed E-state index contributed by atoms with van der Waals surface area (Å²) >= 11 is 6.45. The molecule has 7 rings (SSSR count). The monoisotopic (exact) mass is 724 g/mol. The number of nitrogens with one attached hydrogen (secondary N) is 1. The van der Waals surface area contributed by atoms with Crippen LogP contribution in [0.3, 0.4) is 0 Å². The molecule has 1 N–H and O–H groups in total. The molecule has 0 radical (unpaired) electrons. The quantitative estimate of drug-likeness (QED) is 0.364. The highest BCUT2D eigenvalue weighted by Crippen LogP contribution is 2.47. The molecule has 2 aliphatic carbocycles.